The first kappa shape index (κ1) is 17.3. The zero-order chi connectivity index (χ0) is 17.6. The van der Waals surface area contributed by atoms with Crippen molar-refractivity contribution in [3.05, 3.63) is 29.8 Å². The van der Waals surface area contributed by atoms with E-state index in [9.17, 15) is 13.6 Å². The van der Waals surface area contributed by atoms with Gasteiger partial charge in [-0.3, -0.25) is 4.79 Å². The summed E-state index contributed by atoms with van der Waals surface area (Å²) >= 11 is 1.25. The summed E-state index contributed by atoms with van der Waals surface area (Å²) in [7, 11) is 0. The van der Waals surface area contributed by atoms with Crippen molar-refractivity contribution < 1.29 is 13.6 Å². The molecule has 4 saturated carbocycles. The van der Waals surface area contributed by atoms with Gasteiger partial charge in [0.05, 0.1) is 5.75 Å². The fraction of sp³-hybridized carbons (Fsp3) is 0.650. The summed E-state index contributed by atoms with van der Waals surface area (Å²) in [5, 5.41) is 3.21. The number of hydrogen-bond acceptors (Lipinski definition) is 2. The summed E-state index contributed by atoms with van der Waals surface area (Å²) in [6.45, 7) is 2.16. The number of thioether (sulfide) groups is 1. The van der Waals surface area contributed by atoms with Crippen LogP contribution in [0.3, 0.4) is 0 Å². The Kier molecular flexibility index (Phi) is 4.55. The molecule has 0 heterocycles. The Morgan fingerprint density at radius 2 is 1.76 bits per heavy atom. The van der Waals surface area contributed by atoms with Crippen LogP contribution in [-0.2, 0) is 4.79 Å². The number of carbonyl (C=O) groups excluding carboxylic acids is 1. The lowest BCUT2D eigenvalue weighted by molar-refractivity contribution is -0.123. The van der Waals surface area contributed by atoms with Crippen molar-refractivity contribution in [2.45, 2.75) is 56.4 Å². The van der Waals surface area contributed by atoms with Crippen molar-refractivity contribution in [2.75, 3.05) is 5.75 Å². The fourth-order valence-corrected chi connectivity index (χ4v) is 6.59. The first-order chi connectivity index (χ1) is 11.9. The molecule has 1 aromatic carbocycles. The average Bonchev–Trinajstić information content (AvgIpc) is 2.54. The van der Waals surface area contributed by atoms with Crippen molar-refractivity contribution in [1.82, 2.24) is 5.32 Å². The zero-order valence-electron chi connectivity index (χ0n) is 14.6. The molecule has 5 rings (SSSR count). The summed E-state index contributed by atoms with van der Waals surface area (Å²) in [6.07, 6.45) is 7.97. The van der Waals surface area contributed by atoms with Gasteiger partial charge in [0, 0.05) is 10.9 Å². The average molecular weight is 365 g/mol. The van der Waals surface area contributed by atoms with E-state index in [2.05, 4.69) is 12.2 Å². The van der Waals surface area contributed by atoms with Crippen LogP contribution in [0.4, 0.5) is 8.78 Å². The molecule has 1 amide bonds. The first-order valence-corrected chi connectivity index (χ1v) is 10.3. The van der Waals surface area contributed by atoms with Gasteiger partial charge < -0.3 is 5.32 Å². The van der Waals surface area contributed by atoms with Crippen LogP contribution in [0.2, 0.25) is 0 Å². The summed E-state index contributed by atoms with van der Waals surface area (Å²) in [4.78, 5) is 13.0. The van der Waals surface area contributed by atoms with Crippen molar-refractivity contribution in [1.29, 1.82) is 0 Å². The lowest BCUT2D eigenvalue weighted by Crippen LogP contribution is -2.56. The number of rotatable bonds is 5. The van der Waals surface area contributed by atoms with Crippen LogP contribution in [0, 0.1) is 34.8 Å². The van der Waals surface area contributed by atoms with E-state index in [1.54, 1.807) is 0 Å². The van der Waals surface area contributed by atoms with Crippen molar-refractivity contribution >= 4 is 17.7 Å². The fourth-order valence-electron chi connectivity index (χ4n) is 5.86. The largest absolute Gasteiger partial charge is 0.352 e. The van der Waals surface area contributed by atoms with Crippen LogP contribution in [0.1, 0.15) is 45.4 Å². The van der Waals surface area contributed by atoms with Gasteiger partial charge in [-0.1, -0.05) is 0 Å². The zero-order valence-corrected chi connectivity index (χ0v) is 15.4. The van der Waals surface area contributed by atoms with Crippen LogP contribution >= 0.6 is 11.8 Å². The minimum Gasteiger partial charge on any atom is -0.352 e. The molecular formula is C20H25F2NOS. The van der Waals surface area contributed by atoms with Gasteiger partial charge in [0.25, 0.3) is 0 Å². The molecule has 4 fully saturated rings. The molecular weight excluding hydrogens is 340 g/mol. The standard InChI is InChI=1S/C20H25F2NOS/c1-12(20-8-13-4-14(9-20)6-15(5-13)10-20)23-19(24)11-25-16-2-3-17(21)18(22)7-16/h2-3,7,12-15H,4-6,8-11H2,1H3,(H,23,24)/t12-,13?,14?,15?,20?/m1/s1. The molecule has 5 heteroatoms. The molecule has 25 heavy (non-hydrogen) atoms. The molecule has 0 unspecified atom stereocenters. The first-order valence-electron chi connectivity index (χ1n) is 9.31. The lowest BCUT2D eigenvalue weighted by atomic mass is 9.48. The van der Waals surface area contributed by atoms with E-state index in [-0.39, 0.29) is 23.1 Å². The second-order valence-electron chi connectivity index (χ2n) is 8.43. The van der Waals surface area contributed by atoms with Crippen molar-refractivity contribution in [3.8, 4) is 0 Å². The van der Waals surface area contributed by atoms with E-state index in [0.717, 1.165) is 29.9 Å². The highest BCUT2D eigenvalue weighted by atomic mass is 32.2. The molecule has 0 aliphatic heterocycles. The smallest absolute Gasteiger partial charge is 0.230 e. The van der Waals surface area contributed by atoms with E-state index < -0.39 is 11.6 Å². The molecule has 2 nitrogen and oxygen atoms in total. The Balaban J connectivity index is 1.34. The number of halogens is 2. The van der Waals surface area contributed by atoms with Crippen molar-refractivity contribution in [2.24, 2.45) is 23.2 Å². The Labute approximate surface area is 152 Å². The molecule has 136 valence electrons. The third kappa shape index (κ3) is 3.44. The molecule has 0 spiro atoms. The van der Waals surface area contributed by atoms with Gasteiger partial charge in [0.1, 0.15) is 0 Å². The molecule has 4 bridgehead atoms. The van der Waals surface area contributed by atoms with Crippen molar-refractivity contribution in [3.63, 3.8) is 0 Å². The summed E-state index contributed by atoms with van der Waals surface area (Å²) < 4.78 is 26.2. The van der Waals surface area contributed by atoms with E-state index in [1.165, 1.54) is 56.4 Å². The Morgan fingerprint density at radius 3 is 2.32 bits per heavy atom. The van der Waals surface area contributed by atoms with Crippen LogP contribution in [-0.4, -0.2) is 17.7 Å². The summed E-state index contributed by atoms with van der Waals surface area (Å²) in [6, 6.07) is 3.96. The molecule has 0 saturated heterocycles. The molecule has 4 aliphatic carbocycles. The number of nitrogens with one attached hydrogen (secondary N) is 1. The van der Waals surface area contributed by atoms with Crippen LogP contribution in [0.5, 0.6) is 0 Å². The van der Waals surface area contributed by atoms with Crippen LogP contribution in [0.25, 0.3) is 0 Å². The van der Waals surface area contributed by atoms with Gasteiger partial charge in [-0.25, -0.2) is 8.78 Å². The normalized spacial score (nSPS) is 34.1. The lowest BCUT2D eigenvalue weighted by Gasteiger charge is -2.59. The van der Waals surface area contributed by atoms with Gasteiger partial charge in [0.15, 0.2) is 11.6 Å². The number of benzene rings is 1. The summed E-state index contributed by atoms with van der Waals surface area (Å²) in [5.74, 6) is 1.09. The second-order valence-corrected chi connectivity index (χ2v) is 9.48. The van der Waals surface area contributed by atoms with Crippen LogP contribution in [0.15, 0.2) is 23.1 Å². The topological polar surface area (TPSA) is 29.1 Å². The quantitative estimate of drug-likeness (QED) is 0.761. The highest BCUT2D eigenvalue weighted by Crippen LogP contribution is 2.61. The molecule has 0 radical (unpaired) electrons. The van der Waals surface area contributed by atoms with Gasteiger partial charge in [0.2, 0.25) is 5.91 Å². The third-order valence-electron chi connectivity index (χ3n) is 6.64. The van der Waals surface area contributed by atoms with E-state index in [0.29, 0.717) is 4.90 Å². The molecule has 1 aromatic rings. The molecule has 1 atom stereocenters. The van der Waals surface area contributed by atoms with Gasteiger partial charge in [-0.15, -0.1) is 11.8 Å². The maximum Gasteiger partial charge on any atom is 0.230 e. The maximum absolute atomic E-state index is 13.2. The van der Waals surface area contributed by atoms with Crippen LogP contribution < -0.4 is 5.32 Å². The Bertz CT molecular complexity index is 642. The Hall–Kier alpha value is -1.10. The minimum atomic E-state index is -0.868. The van der Waals surface area contributed by atoms with E-state index in [1.807, 2.05) is 0 Å². The third-order valence-corrected chi connectivity index (χ3v) is 7.64. The minimum absolute atomic E-state index is 0.0158. The van der Waals surface area contributed by atoms with Gasteiger partial charge in [-0.2, -0.15) is 0 Å². The van der Waals surface area contributed by atoms with E-state index >= 15 is 0 Å². The molecule has 4 aliphatic rings. The predicted octanol–water partition coefficient (Wildman–Crippen LogP) is 4.78. The number of carbonyl (C=O) groups is 1. The van der Waals surface area contributed by atoms with Gasteiger partial charge in [-0.05, 0) is 86.8 Å². The highest BCUT2D eigenvalue weighted by molar-refractivity contribution is 8.00. The second kappa shape index (κ2) is 6.57. The molecule has 0 aromatic heterocycles. The highest BCUT2D eigenvalue weighted by Gasteiger charge is 2.53. The summed E-state index contributed by atoms with van der Waals surface area (Å²) in [5.41, 5.74) is 0.289. The number of hydrogen-bond donors (Lipinski definition) is 1. The monoisotopic (exact) mass is 365 g/mol. The van der Waals surface area contributed by atoms with E-state index in [4.69, 9.17) is 0 Å². The van der Waals surface area contributed by atoms with Gasteiger partial charge >= 0.3 is 0 Å². The molecule has 1 N–H and O–H groups in total. The Morgan fingerprint density at radius 1 is 1.16 bits per heavy atom. The predicted molar refractivity (Wildman–Crippen MR) is 95.3 cm³/mol. The maximum atomic E-state index is 13.2. The number of amides is 1. The SMILES string of the molecule is C[C@@H](NC(=O)CSc1ccc(F)c(F)c1)C12CC3CC(CC(C3)C1)C2.